The Balaban J connectivity index is 1.50. The first kappa shape index (κ1) is 23.0. The highest BCUT2D eigenvalue weighted by Crippen LogP contribution is 2.16. The van der Waals surface area contributed by atoms with Crippen molar-refractivity contribution in [2.75, 3.05) is 11.9 Å². The highest BCUT2D eigenvalue weighted by molar-refractivity contribution is 5.95. The highest BCUT2D eigenvalue weighted by atomic mass is 16.5. The minimum absolute atomic E-state index is 0.199. The zero-order valence-corrected chi connectivity index (χ0v) is 18.8. The van der Waals surface area contributed by atoms with Crippen molar-refractivity contribution >= 4 is 29.1 Å². The van der Waals surface area contributed by atoms with E-state index in [9.17, 15) is 14.4 Å². The van der Waals surface area contributed by atoms with Crippen molar-refractivity contribution in [3.05, 3.63) is 65.1 Å². The topological polar surface area (TPSA) is 102 Å². The number of esters is 1. The maximum absolute atomic E-state index is 12.6. The van der Waals surface area contributed by atoms with Crippen LogP contribution in [0.3, 0.4) is 0 Å². The molecule has 3 rings (SSSR count). The molecule has 8 heteroatoms. The van der Waals surface area contributed by atoms with E-state index in [2.05, 4.69) is 15.6 Å². The maximum atomic E-state index is 12.6. The molecule has 2 N–H and O–H groups in total. The predicted molar refractivity (Wildman–Crippen MR) is 122 cm³/mol. The summed E-state index contributed by atoms with van der Waals surface area (Å²) >= 11 is 0. The molecule has 0 saturated heterocycles. The quantitative estimate of drug-likeness (QED) is 0.414. The minimum Gasteiger partial charge on any atom is -0.459 e. The van der Waals surface area contributed by atoms with Gasteiger partial charge in [0.1, 0.15) is 11.3 Å². The summed E-state index contributed by atoms with van der Waals surface area (Å²) in [5, 5.41) is 5.63. The van der Waals surface area contributed by atoms with Crippen LogP contribution in [0.15, 0.2) is 42.6 Å². The lowest BCUT2D eigenvalue weighted by Gasteiger charge is -2.10. The van der Waals surface area contributed by atoms with Gasteiger partial charge in [-0.05, 0) is 63.9 Å². The molecule has 0 aliphatic heterocycles. The monoisotopic (exact) mass is 436 g/mol. The number of hydrogen-bond acceptors (Lipinski definition) is 5. The van der Waals surface area contributed by atoms with Gasteiger partial charge in [-0.3, -0.25) is 14.0 Å². The first-order chi connectivity index (χ1) is 15.3. The summed E-state index contributed by atoms with van der Waals surface area (Å²) in [6.45, 7) is 7.66. The number of fused-ring (bicyclic) bond motifs is 1. The van der Waals surface area contributed by atoms with Crippen LogP contribution in [0.5, 0.6) is 0 Å². The summed E-state index contributed by atoms with van der Waals surface area (Å²) in [5.41, 5.74) is 3.81. The molecule has 0 aliphatic carbocycles. The van der Waals surface area contributed by atoms with Crippen LogP contribution in [-0.2, 0) is 9.53 Å². The number of rotatable bonds is 8. The number of carbonyl (C=O) groups is 3. The largest absolute Gasteiger partial charge is 0.459 e. The summed E-state index contributed by atoms with van der Waals surface area (Å²) in [6, 6.07) is 10.4. The lowest BCUT2D eigenvalue weighted by molar-refractivity contribution is -0.116. The fraction of sp³-hybridized carbons (Fsp3) is 0.333. The maximum Gasteiger partial charge on any atom is 0.338 e. The van der Waals surface area contributed by atoms with Gasteiger partial charge in [-0.25, -0.2) is 9.78 Å². The number of hydrogen-bond donors (Lipinski definition) is 2. The van der Waals surface area contributed by atoms with Gasteiger partial charge in [0.25, 0.3) is 5.91 Å². The summed E-state index contributed by atoms with van der Waals surface area (Å²) < 4.78 is 6.95. The molecule has 0 atom stereocenters. The molecule has 32 heavy (non-hydrogen) atoms. The van der Waals surface area contributed by atoms with Crippen molar-refractivity contribution in [3.8, 4) is 0 Å². The van der Waals surface area contributed by atoms with E-state index in [-0.39, 0.29) is 24.3 Å². The molecule has 2 aromatic heterocycles. The Hall–Kier alpha value is -3.68. The van der Waals surface area contributed by atoms with Crippen LogP contribution in [0, 0.1) is 13.8 Å². The normalized spacial score (nSPS) is 10.9. The predicted octanol–water partition coefficient (Wildman–Crippen LogP) is 3.67. The number of nitrogens with zero attached hydrogens (tertiary/aromatic N) is 2. The first-order valence-electron chi connectivity index (χ1n) is 10.6. The Labute approximate surface area is 187 Å². The van der Waals surface area contributed by atoms with Crippen molar-refractivity contribution in [3.63, 3.8) is 0 Å². The van der Waals surface area contributed by atoms with Crippen molar-refractivity contribution < 1.29 is 19.1 Å². The van der Waals surface area contributed by atoms with Gasteiger partial charge < -0.3 is 15.4 Å². The number of aryl methyl sites for hydroxylation is 2. The number of pyridine rings is 1. The van der Waals surface area contributed by atoms with Gasteiger partial charge in [-0.15, -0.1) is 0 Å². The Morgan fingerprint density at radius 2 is 1.91 bits per heavy atom. The number of imidazole rings is 1. The van der Waals surface area contributed by atoms with Crippen molar-refractivity contribution in [1.82, 2.24) is 14.7 Å². The van der Waals surface area contributed by atoms with E-state index in [4.69, 9.17) is 4.74 Å². The third-order valence-electron chi connectivity index (χ3n) is 4.83. The molecule has 0 radical (unpaired) electrons. The van der Waals surface area contributed by atoms with Crippen LogP contribution in [0.25, 0.3) is 5.65 Å². The second kappa shape index (κ2) is 10.1. The highest BCUT2D eigenvalue weighted by Gasteiger charge is 2.17. The average Bonchev–Trinajstić information content (AvgIpc) is 3.08. The molecule has 0 saturated carbocycles. The van der Waals surface area contributed by atoms with Gasteiger partial charge in [0, 0.05) is 24.8 Å². The molecule has 0 aliphatic rings. The third-order valence-corrected chi connectivity index (χ3v) is 4.83. The van der Waals surface area contributed by atoms with Crippen LogP contribution in [0.1, 0.15) is 58.8 Å². The van der Waals surface area contributed by atoms with Gasteiger partial charge in [0.15, 0.2) is 0 Å². The summed E-state index contributed by atoms with van der Waals surface area (Å²) in [7, 11) is 0. The van der Waals surface area contributed by atoms with Crippen molar-refractivity contribution in [2.24, 2.45) is 0 Å². The van der Waals surface area contributed by atoms with Crippen LogP contribution < -0.4 is 10.6 Å². The summed E-state index contributed by atoms with van der Waals surface area (Å²) in [6.07, 6.45) is 2.30. The Morgan fingerprint density at radius 3 is 2.66 bits per heavy atom. The van der Waals surface area contributed by atoms with Crippen molar-refractivity contribution in [2.45, 2.75) is 46.6 Å². The smallest absolute Gasteiger partial charge is 0.338 e. The van der Waals surface area contributed by atoms with Crippen LogP contribution >= 0.6 is 0 Å². The van der Waals surface area contributed by atoms with Gasteiger partial charge >= 0.3 is 5.97 Å². The Morgan fingerprint density at radius 1 is 1.12 bits per heavy atom. The zero-order chi connectivity index (χ0) is 23.3. The Bertz CT molecular complexity index is 1150. The second-order valence-corrected chi connectivity index (χ2v) is 7.87. The lowest BCUT2D eigenvalue weighted by Crippen LogP contribution is -2.27. The molecule has 0 fully saturated rings. The zero-order valence-electron chi connectivity index (χ0n) is 18.8. The number of amides is 2. The molecule has 2 heterocycles. The number of benzene rings is 1. The fourth-order valence-corrected chi connectivity index (χ4v) is 3.35. The van der Waals surface area contributed by atoms with E-state index in [0.717, 1.165) is 11.2 Å². The van der Waals surface area contributed by atoms with E-state index in [1.807, 2.05) is 25.3 Å². The van der Waals surface area contributed by atoms with E-state index >= 15 is 0 Å². The van der Waals surface area contributed by atoms with E-state index < -0.39 is 5.97 Å². The lowest BCUT2D eigenvalue weighted by atomic mass is 10.2. The van der Waals surface area contributed by atoms with Gasteiger partial charge in [-0.2, -0.15) is 0 Å². The molecule has 1 aromatic carbocycles. The molecule has 0 bridgehead atoms. The van der Waals surface area contributed by atoms with E-state index in [1.54, 1.807) is 49.4 Å². The summed E-state index contributed by atoms with van der Waals surface area (Å²) in [5.74, 6) is -0.857. The molecule has 2 amide bonds. The van der Waals surface area contributed by atoms with Gasteiger partial charge in [0.2, 0.25) is 5.91 Å². The number of anilines is 1. The number of aromatic nitrogens is 2. The second-order valence-electron chi connectivity index (χ2n) is 7.87. The molecule has 168 valence electrons. The van der Waals surface area contributed by atoms with Gasteiger partial charge in [0.05, 0.1) is 17.4 Å². The van der Waals surface area contributed by atoms with Crippen molar-refractivity contribution in [1.29, 1.82) is 0 Å². The summed E-state index contributed by atoms with van der Waals surface area (Å²) in [4.78, 5) is 41.4. The SMILES string of the molecule is Cc1nc2c(C)cccn2c1C(=O)NCCCC(=O)Nc1cccc(C(=O)OC(C)C)c1. The van der Waals surface area contributed by atoms with Crippen LogP contribution in [0.4, 0.5) is 5.69 Å². The van der Waals surface area contributed by atoms with E-state index in [1.165, 1.54) is 0 Å². The molecular formula is C24H28N4O4. The molecule has 3 aromatic rings. The molecular weight excluding hydrogens is 408 g/mol. The minimum atomic E-state index is -0.434. The number of nitrogens with one attached hydrogen (secondary N) is 2. The molecule has 0 unspecified atom stereocenters. The molecule has 8 nitrogen and oxygen atoms in total. The van der Waals surface area contributed by atoms with Crippen LogP contribution in [-0.4, -0.2) is 39.8 Å². The fourth-order valence-electron chi connectivity index (χ4n) is 3.35. The average molecular weight is 437 g/mol. The van der Waals surface area contributed by atoms with E-state index in [0.29, 0.717) is 35.6 Å². The standard InChI is InChI=1S/C24H28N4O4/c1-15(2)32-24(31)18-9-5-10-19(14-18)27-20(29)11-6-12-25-23(30)21-17(4)26-22-16(3)8-7-13-28(21)22/h5,7-10,13-15H,6,11-12H2,1-4H3,(H,25,30)(H,27,29). The number of carbonyl (C=O) groups excluding carboxylic acids is 3. The first-order valence-corrected chi connectivity index (χ1v) is 10.6. The third kappa shape index (κ3) is 5.51. The van der Waals surface area contributed by atoms with Crippen LogP contribution in [0.2, 0.25) is 0 Å². The molecule has 0 spiro atoms. The Kier molecular flexibility index (Phi) is 7.25. The number of ether oxygens (including phenoxy) is 1. The van der Waals surface area contributed by atoms with Gasteiger partial charge in [-0.1, -0.05) is 12.1 Å².